The monoisotopic (exact) mass is 197 g/mol. The number of nitrogens with one attached hydrogen (secondary N) is 1. The van der Waals surface area contributed by atoms with Crippen molar-refractivity contribution in [1.29, 1.82) is 0 Å². The van der Waals surface area contributed by atoms with Crippen molar-refractivity contribution in [2.75, 3.05) is 19.8 Å². The van der Waals surface area contributed by atoms with Crippen LogP contribution in [-0.4, -0.2) is 29.5 Å². The van der Waals surface area contributed by atoms with E-state index in [0.717, 1.165) is 25.9 Å². The first-order valence-corrected chi connectivity index (χ1v) is 5.20. The normalized spacial score (nSPS) is 18.6. The van der Waals surface area contributed by atoms with Gasteiger partial charge in [-0.25, -0.2) is 4.39 Å². The number of aryl methyl sites for hydroxylation is 1. The van der Waals surface area contributed by atoms with Gasteiger partial charge in [-0.3, -0.25) is 4.68 Å². The van der Waals surface area contributed by atoms with E-state index in [4.69, 9.17) is 0 Å². The van der Waals surface area contributed by atoms with E-state index in [9.17, 15) is 4.39 Å². The number of rotatable bonds is 3. The number of halogens is 1. The lowest BCUT2D eigenvalue weighted by Crippen LogP contribution is -2.28. The number of piperidine rings is 1. The van der Waals surface area contributed by atoms with Gasteiger partial charge in [-0.1, -0.05) is 0 Å². The highest BCUT2D eigenvalue weighted by molar-refractivity contribution is 5.09. The van der Waals surface area contributed by atoms with E-state index in [1.54, 1.807) is 10.9 Å². The lowest BCUT2D eigenvalue weighted by molar-refractivity contribution is 0.391. The number of hydrogen-bond acceptors (Lipinski definition) is 2. The summed E-state index contributed by atoms with van der Waals surface area (Å²) in [5.74, 6) is 0.560. The molecule has 1 aliphatic rings. The fourth-order valence-corrected chi connectivity index (χ4v) is 2.07. The summed E-state index contributed by atoms with van der Waals surface area (Å²) in [5.41, 5.74) is 1.20. The van der Waals surface area contributed by atoms with Crippen molar-refractivity contribution in [3.05, 3.63) is 18.0 Å². The molecule has 1 fully saturated rings. The molecule has 0 radical (unpaired) electrons. The van der Waals surface area contributed by atoms with Crippen LogP contribution >= 0.6 is 0 Å². The molecule has 2 heterocycles. The summed E-state index contributed by atoms with van der Waals surface area (Å²) in [6.45, 7) is 2.18. The maximum atomic E-state index is 12.2. The van der Waals surface area contributed by atoms with Crippen molar-refractivity contribution in [3.63, 3.8) is 0 Å². The Morgan fingerprint density at radius 3 is 3.00 bits per heavy atom. The first kappa shape index (κ1) is 9.65. The van der Waals surface area contributed by atoms with Crippen LogP contribution in [0, 0.1) is 0 Å². The summed E-state index contributed by atoms with van der Waals surface area (Å²) in [6.07, 6.45) is 4.04. The Morgan fingerprint density at radius 2 is 2.29 bits per heavy atom. The quantitative estimate of drug-likeness (QED) is 0.792. The van der Waals surface area contributed by atoms with Crippen LogP contribution in [0.2, 0.25) is 0 Å². The Balaban J connectivity index is 2.09. The molecule has 3 nitrogen and oxygen atoms in total. The number of aromatic nitrogens is 2. The zero-order chi connectivity index (χ0) is 9.80. The molecule has 1 saturated heterocycles. The first-order chi connectivity index (χ1) is 6.92. The van der Waals surface area contributed by atoms with Crippen LogP contribution in [0.4, 0.5) is 4.39 Å². The van der Waals surface area contributed by atoms with Crippen molar-refractivity contribution < 1.29 is 4.39 Å². The van der Waals surface area contributed by atoms with Crippen molar-refractivity contribution in [2.45, 2.75) is 25.3 Å². The zero-order valence-electron chi connectivity index (χ0n) is 8.25. The van der Waals surface area contributed by atoms with Gasteiger partial charge in [0.25, 0.3) is 0 Å². The van der Waals surface area contributed by atoms with Crippen LogP contribution in [-0.2, 0) is 6.54 Å². The second-order valence-corrected chi connectivity index (χ2v) is 3.69. The molecule has 2 rings (SSSR count). The van der Waals surface area contributed by atoms with E-state index in [1.165, 1.54) is 5.69 Å². The third-order valence-corrected chi connectivity index (χ3v) is 2.80. The molecule has 1 aromatic rings. The van der Waals surface area contributed by atoms with Gasteiger partial charge in [0.2, 0.25) is 0 Å². The summed E-state index contributed by atoms with van der Waals surface area (Å²) < 4.78 is 14.0. The zero-order valence-corrected chi connectivity index (χ0v) is 8.25. The minimum Gasteiger partial charge on any atom is -0.317 e. The molecule has 0 atom stereocenters. The Morgan fingerprint density at radius 1 is 1.50 bits per heavy atom. The summed E-state index contributed by atoms with van der Waals surface area (Å²) >= 11 is 0. The van der Waals surface area contributed by atoms with E-state index in [1.807, 2.05) is 6.07 Å². The number of hydrogen-bond donors (Lipinski definition) is 1. The number of nitrogens with zero attached hydrogens (tertiary/aromatic N) is 2. The summed E-state index contributed by atoms with van der Waals surface area (Å²) in [6, 6.07) is 2.02. The van der Waals surface area contributed by atoms with Gasteiger partial charge in [0.1, 0.15) is 6.67 Å². The Bertz CT molecular complexity index is 279. The van der Waals surface area contributed by atoms with Crippen molar-refractivity contribution in [3.8, 4) is 0 Å². The smallest absolute Gasteiger partial charge is 0.109 e. The third kappa shape index (κ3) is 1.95. The highest BCUT2D eigenvalue weighted by Gasteiger charge is 2.18. The Kier molecular flexibility index (Phi) is 3.14. The standard InChI is InChI=1S/C10H16FN3/c11-4-8-14-10(3-7-13-14)9-1-5-12-6-2-9/h3,7,9,12H,1-2,4-6,8H2. The topological polar surface area (TPSA) is 29.9 Å². The predicted octanol–water partition coefficient (Wildman–Crippen LogP) is 1.32. The molecular weight excluding hydrogens is 181 g/mol. The van der Waals surface area contributed by atoms with Gasteiger partial charge in [0.05, 0.1) is 6.54 Å². The van der Waals surface area contributed by atoms with Gasteiger partial charge in [-0.2, -0.15) is 5.10 Å². The molecule has 0 aliphatic carbocycles. The highest BCUT2D eigenvalue weighted by atomic mass is 19.1. The molecule has 0 saturated carbocycles. The average molecular weight is 197 g/mol. The molecule has 1 aliphatic heterocycles. The largest absolute Gasteiger partial charge is 0.317 e. The van der Waals surface area contributed by atoms with Crippen LogP contribution in [0.5, 0.6) is 0 Å². The van der Waals surface area contributed by atoms with Gasteiger partial charge < -0.3 is 5.32 Å². The molecule has 1 N–H and O–H groups in total. The second-order valence-electron chi connectivity index (χ2n) is 3.69. The summed E-state index contributed by atoms with van der Waals surface area (Å²) in [4.78, 5) is 0. The van der Waals surface area contributed by atoms with Crippen LogP contribution in [0.3, 0.4) is 0 Å². The fraction of sp³-hybridized carbons (Fsp3) is 0.700. The molecule has 0 bridgehead atoms. The van der Waals surface area contributed by atoms with E-state index in [-0.39, 0.29) is 6.67 Å². The van der Waals surface area contributed by atoms with Crippen molar-refractivity contribution in [1.82, 2.24) is 15.1 Å². The van der Waals surface area contributed by atoms with E-state index in [0.29, 0.717) is 12.5 Å². The predicted molar refractivity (Wildman–Crippen MR) is 53.0 cm³/mol. The van der Waals surface area contributed by atoms with Gasteiger partial charge in [-0.05, 0) is 32.0 Å². The molecular formula is C10H16FN3. The number of alkyl halides is 1. The van der Waals surface area contributed by atoms with Gasteiger partial charge in [-0.15, -0.1) is 0 Å². The van der Waals surface area contributed by atoms with Crippen LogP contribution < -0.4 is 5.32 Å². The van der Waals surface area contributed by atoms with E-state index >= 15 is 0 Å². The Hall–Kier alpha value is -0.900. The average Bonchev–Trinajstić information content (AvgIpc) is 2.68. The fourth-order valence-electron chi connectivity index (χ4n) is 2.07. The van der Waals surface area contributed by atoms with E-state index in [2.05, 4.69) is 10.4 Å². The van der Waals surface area contributed by atoms with Gasteiger partial charge in [0, 0.05) is 17.8 Å². The third-order valence-electron chi connectivity index (χ3n) is 2.80. The molecule has 0 spiro atoms. The maximum Gasteiger partial charge on any atom is 0.109 e. The Labute approximate surface area is 83.3 Å². The lowest BCUT2D eigenvalue weighted by Gasteiger charge is -2.23. The van der Waals surface area contributed by atoms with Crippen molar-refractivity contribution >= 4 is 0 Å². The SMILES string of the molecule is FCCn1nccc1C1CCNCC1. The molecule has 4 heteroatoms. The molecule has 0 amide bonds. The van der Waals surface area contributed by atoms with Crippen LogP contribution in [0.1, 0.15) is 24.5 Å². The lowest BCUT2D eigenvalue weighted by atomic mass is 9.94. The molecule has 0 aromatic carbocycles. The highest BCUT2D eigenvalue weighted by Crippen LogP contribution is 2.24. The van der Waals surface area contributed by atoms with Crippen molar-refractivity contribution in [2.24, 2.45) is 0 Å². The first-order valence-electron chi connectivity index (χ1n) is 5.20. The van der Waals surface area contributed by atoms with Crippen LogP contribution in [0.25, 0.3) is 0 Å². The summed E-state index contributed by atoms with van der Waals surface area (Å²) in [7, 11) is 0. The van der Waals surface area contributed by atoms with Gasteiger partial charge in [0.15, 0.2) is 0 Å². The van der Waals surface area contributed by atoms with Crippen LogP contribution in [0.15, 0.2) is 12.3 Å². The molecule has 0 unspecified atom stereocenters. The minimum atomic E-state index is -0.334. The molecule has 1 aromatic heterocycles. The summed E-state index contributed by atoms with van der Waals surface area (Å²) in [5, 5.41) is 7.46. The van der Waals surface area contributed by atoms with Gasteiger partial charge >= 0.3 is 0 Å². The molecule has 78 valence electrons. The maximum absolute atomic E-state index is 12.2. The molecule has 14 heavy (non-hydrogen) atoms. The second kappa shape index (κ2) is 4.55. The minimum absolute atomic E-state index is 0.334. The van der Waals surface area contributed by atoms with E-state index < -0.39 is 0 Å².